The molecule has 3 aliphatic rings. The van der Waals surface area contributed by atoms with Gasteiger partial charge >= 0.3 is 5.97 Å². The molecule has 0 aromatic carbocycles. The van der Waals surface area contributed by atoms with E-state index in [0.29, 0.717) is 31.1 Å². The van der Waals surface area contributed by atoms with Crippen molar-refractivity contribution in [1.82, 2.24) is 0 Å². The highest BCUT2D eigenvalue weighted by molar-refractivity contribution is 5.88. The molecule has 142 valence electrons. The van der Waals surface area contributed by atoms with Crippen molar-refractivity contribution in [3.8, 4) is 0 Å². The second-order valence-corrected chi connectivity index (χ2v) is 9.06. The van der Waals surface area contributed by atoms with E-state index >= 15 is 0 Å². The quantitative estimate of drug-likeness (QED) is 0.479. The van der Waals surface area contributed by atoms with Crippen LogP contribution in [-0.2, 0) is 19.1 Å². The lowest BCUT2D eigenvalue weighted by molar-refractivity contribution is -0.147. The van der Waals surface area contributed by atoms with Crippen LogP contribution < -0.4 is 0 Å². The Morgan fingerprint density at radius 2 is 1.76 bits per heavy atom. The molecule has 0 aromatic heterocycles. The van der Waals surface area contributed by atoms with E-state index in [2.05, 4.69) is 20.8 Å². The number of epoxide rings is 1. The molecule has 0 amide bonds. The van der Waals surface area contributed by atoms with Gasteiger partial charge in [-0.05, 0) is 44.9 Å². The van der Waals surface area contributed by atoms with Gasteiger partial charge in [0.25, 0.3) is 0 Å². The van der Waals surface area contributed by atoms with Crippen molar-refractivity contribution in [2.75, 3.05) is 6.61 Å². The van der Waals surface area contributed by atoms with Gasteiger partial charge < -0.3 is 9.47 Å². The van der Waals surface area contributed by atoms with Gasteiger partial charge in [-0.1, -0.05) is 33.1 Å². The maximum absolute atomic E-state index is 13.0. The van der Waals surface area contributed by atoms with Crippen LogP contribution >= 0.6 is 0 Å². The van der Waals surface area contributed by atoms with Gasteiger partial charge in [0.2, 0.25) is 0 Å². The molecule has 2 heterocycles. The number of cyclic esters (lactones) is 1. The van der Waals surface area contributed by atoms with E-state index in [-0.39, 0.29) is 29.0 Å². The lowest BCUT2D eigenvalue weighted by Crippen LogP contribution is -2.42. The van der Waals surface area contributed by atoms with Gasteiger partial charge in [-0.15, -0.1) is 0 Å². The molecule has 0 N–H and O–H groups in total. The third-order valence-electron chi connectivity index (χ3n) is 6.89. The topological polar surface area (TPSA) is 55.9 Å². The van der Waals surface area contributed by atoms with Crippen LogP contribution in [0.5, 0.6) is 0 Å². The molecule has 3 fully saturated rings. The Hall–Kier alpha value is -0.900. The smallest absolute Gasteiger partial charge is 0.305 e. The van der Waals surface area contributed by atoms with Gasteiger partial charge in [0.15, 0.2) is 0 Å². The largest absolute Gasteiger partial charge is 0.466 e. The Morgan fingerprint density at radius 3 is 2.44 bits per heavy atom. The molecule has 3 rings (SSSR count). The Kier molecular flexibility index (Phi) is 5.57. The predicted octanol–water partition coefficient (Wildman–Crippen LogP) is 4.44. The Bertz CT molecular complexity index is 510. The van der Waals surface area contributed by atoms with Crippen molar-refractivity contribution in [3.63, 3.8) is 0 Å². The Labute approximate surface area is 152 Å². The molecule has 0 aromatic rings. The minimum atomic E-state index is -0.243. The minimum Gasteiger partial charge on any atom is -0.466 e. The number of Topliss-reactive ketones (excluding diaryl/α,β-unsaturated/α-hetero) is 1. The number of fused-ring (bicyclic) bond motifs is 1. The number of hydrogen-bond donors (Lipinski definition) is 0. The lowest BCUT2D eigenvalue weighted by Gasteiger charge is -2.42. The van der Waals surface area contributed by atoms with E-state index in [4.69, 9.17) is 9.47 Å². The van der Waals surface area contributed by atoms with Crippen molar-refractivity contribution in [2.45, 2.75) is 96.7 Å². The van der Waals surface area contributed by atoms with Crippen molar-refractivity contribution in [1.29, 1.82) is 0 Å². The summed E-state index contributed by atoms with van der Waals surface area (Å²) in [5, 5.41) is 0. The van der Waals surface area contributed by atoms with Gasteiger partial charge in [0.1, 0.15) is 5.78 Å². The van der Waals surface area contributed by atoms with Crippen molar-refractivity contribution in [3.05, 3.63) is 0 Å². The summed E-state index contributed by atoms with van der Waals surface area (Å²) < 4.78 is 11.2. The molecule has 25 heavy (non-hydrogen) atoms. The first-order valence-electron chi connectivity index (χ1n) is 10.2. The zero-order valence-electron chi connectivity index (χ0n) is 16.1. The number of hydrogen-bond acceptors (Lipinski definition) is 4. The minimum absolute atomic E-state index is 0.0272. The van der Waals surface area contributed by atoms with Crippen LogP contribution in [0.15, 0.2) is 0 Å². The monoisotopic (exact) mass is 350 g/mol. The van der Waals surface area contributed by atoms with Crippen LogP contribution in [0.2, 0.25) is 0 Å². The molecule has 1 saturated carbocycles. The molecule has 0 bridgehead atoms. The standard InChI is InChI=1S/C21H34O4/c1-15-6-4-9-20(3)17(25-20)8-13-24-18(22)7-12-21(10-5-11-21)19(23)16(2)14-15/h15-17H,4-14H2,1-3H3. The summed E-state index contributed by atoms with van der Waals surface area (Å²) >= 11 is 0. The molecular weight excluding hydrogens is 316 g/mol. The highest BCUT2D eigenvalue weighted by atomic mass is 16.6. The molecule has 0 radical (unpaired) electrons. The number of ether oxygens (including phenoxy) is 2. The number of carbonyl (C=O) groups is 2. The second kappa shape index (κ2) is 7.38. The molecule has 4 unspecified atom stereocenters. The average molecular weight is 350 g/mol. The first kappa shape index (κ1) is 18.9. The Morgan fingerprint density at radius 1 is 1.00 bits per heavy atom. The summed E-state index contributed by atoms with van der Waals surface area (Å²) in [6, 6.07) is 0. The third-order valence-corrected chi connectivity index (χ3v) is 6.89. The molecular formula is C21H34O4. The summed E-state index contributed by atoms with van der Waals surface area (Å²) in [4.78, 5) is 25.1. The molecule has 4 atom stereocenters. The molecule has 1 spiro atoms. The summed E-state index contributed by atoms with van der Waals surface area (Å²) in [7, 11) is 0. The van der Waals surface area contributed by atoms with E-state index in [0.717, 1.165) is 51.4 Å². The van der Waals surface area contributed by atoms with Crippen molar-refractivity contribution in [2.24, 2.45) is 17.3 Å². The van der Waals surface area contributed by atoms with Gasteiger partial charge in [-0.2, -0.15) is 0 Å². The maximum Gasteiger partial charge on any atom is 0.305 e. The fourth-order valence-electron chi connectivity index (χ4n) is 4.94. The van der Waals surface area contributed by atoms with E-state index in [9.17, 15) is 9.59 Å². The summed E-state index contributed by atoms with van der Waals surface area (Å²) in [6.07, 6.45) is 9.40. The average Bonchev–Trinajstić information content (AvgIpc) is 3.15. The SMILES string of the molecule is CC1CCCC2(C)OC2CCOC(=O)CCC2(CCC2)C(=O)C(C)C1. The number of ketones is 1. The summed E-state index contributed by atoms with van der Waals surface area (Å²) in [5.74, 6) is 0.895. The number of carbonyl (C=O) groups excluding carboxylic acids is 2. The van der Waals surface area contributed by atoms with Crippen LogP contribution in [0.4, 0.5) is 0 Å². The molecule has 2 aliphatic heterocycles. The van der Waals surface area contributed by atoms with Crippen LogP contribution in [0.25, 0.3) is 0 Å². The second-order valence-electron chi connectivity index (χ2n) is 9.06. The van der Waals surface area contributed by atoms with Gasteiger partial charge in [-0.3, -0.25) is 9.59 Å². The fraction of sp³-hybridized carbons (Fsp3) is 0.905. The van der Waals surface area contributed by atoms with Crippen molar-refractivity contribution >= 4 is 11.8 Å². The molecule has 4 heteroatoms. The molecule has 4 nitrogen and oxygen atoms in total. The zero-order valence-corrected chi connectivity index (χ0v) is 16.1. The molecule has 1 aliphatic carbocycles. The first-order valence-corrected chi connectivity index (χ1v) is 10.2. The normalized spacial score (nSPS) is 40.0. The van der Waals surface area contributed by atoms with E-state index in [1.807, 2.05) is 0 Å². The zero-order chi connectivity index (χ0) is 18.1. The predicted molar refractivity (Wildman–Crippen MR) is 96.2 cm³/mol. The lowest BCUT2D eigenvalue weighted by atomic mass is 9.60. The summed E-state index contributed by atoms with van der Waals surface area (Å²) in [6.45, 7) is 6.96. The van der Waals surface area contributed by atoms with Gasteiger partial charge in [0, 0.05) is 24.2 Å². The highest BCUT2D eigenvalue weighted by Gasteiger charge is 2.51. The highest BCUT2D eigenvalue weighted by Crippen LogP contribution is 2.48. The van der Waals surface area contributed by atoms with Gasteiger partial charge in [0.05, 0.1) is 18.3 Å². The van der Waals surface area contributed by atoms with E-state index in [1.54, 1.807) is 0 Å². The summed E-state index contributed by atoms with van der Waals surface area (Å²) in [5.41, 5.74) is -0.270. The third kappa shape index (κ3) is 4.27. The van der Waals surface area contributed by atoms with Crippen LogP contribution in [0.1, 0.15) is 85.0 Å². The first-order chi connectivity index (χ1) is 11.8. The molecule has 2 saturated heterocycles. The maximum atomic E-state index is 13.0. The van der Waals surface area contributed by atoms with E-state index in [1.165, 1.54) is 0 Å². The van der Waals surface area contributed by atoms with Crippen molar-refractivity contribution < 1.29 is 19.1 Å². The van der Waals surface area contributed by atoms with Gasteiger partial charge in [-0.25, -0.2) is 0 Å². The van der Waals surface area contributed by atoms with Crippen LogP contribution in [0, 0.1) is 17.3 Å². The Balaban J connectivity index is 1.63. The fourth-order valence-corrected chi connectivity index (χ4v) is 4.94. The number of rotatable bonds is 0. The number of esters is 1. The van der Waals surface area contributed by atoms with Crippen LogP contribution in [-0.4, -0.2) is 30.1 Å². The van der Waals surface area contributed by atoms with Crippen LogP contribution in [0.3, 0.4) is 0 Å². The van der Waals surface area contributed by atoms with E-state index < -0.39 is 0 Å².